The fraction of sp³-hybridized carbons (Fsp3) is 0.136. The van der Waals surface area contributed by atoms with Gasteiger partial charge in [-0.05, 0) is 36.2 Å². The molecule has 2 heterocycles. The maximum atomic E-state index is 12.6. The van der Waals surface area contributed by atoms with Crippen LogP contribution < -0.4 is 10.9 Å². The van der Waals surface area contributed by atoms with Gasteiger partial charge in [-0.2, -0.15) is 4.98 Å². The molecule has 6 nitrogen and oxygen atoms in total. The Balaban J connectivity index is 0.00000109. The average molecular weight is 374 g/mol. The van der Waals surface area contributed by atoms with Gasteiger partial charge < -0.3 is 10.5 Å². The quantitative estimate of drug-likeness (QED) is 0.505. The van der Waals surface area contributed by atoms with Gasteiger partial charge in [-0.3, -0.25) is 4.79 Å². The minimum atomic E-state index is -0.517. The van der Waals surface area contributed by atoms with Crippen molar-refractivity contribution in [1.82, 2.24) is 14.7 Å². The Morgan fingerprint density at radius 1 is 0.964 bits per heavy atom. The summed E-state index contributed by atoms with van der Waals surface area (Å²) in [5, 5.41) is 14.0. The fourth-order valence-corrected chi connectivity index (χ4v) is 2.86. The van der Waals surface area contributed by atoms with Crippen molar-refractivity contribution in [2.24, 2.45) is 0 Å². The molecule has 0 fully saturated rings. The molecule has 0 atom stereocenters. The van der Waals surface area contributed by atoms with Gasteiger partial charge in [-0.25, -0.2) is 4.98 Å². The Kier molecular flexibility index (Phi) is 5.69. The van der Waals surface area contributed by atoms with Crippen LogP contribution >= 0.6 is 0 Å². The van der Waals surface area contributed by atoms with Crippen molar-refractivity contribution in [3.05, 3.63) is 82.8 Å². The van der Waals surface area contributed by atoms with E-state index < -0.39 is 5.56 Å². The summed E-state index contributed by atoms with van der Waals surface area (Å²) in [6.07, 6.45) is 1.58. The van der Waals surface area contributed by atoms with E-state index in [4.69, 9.17) is 0 Å². The van der Waals surface area contributed by atoms with Gasteiger partial charge in [0.25, 0.3) is 5.56 Å². The number of rotatable bonds is 3. The topological polar surface area (TPSA) is 80.0 Å². The molecule has 0 saturated carbocycles. The summed E-state index contributed by atoms with van der Waals surface area (Å²) < 4.78 is 0.578. The number of fused-ring (bicyclic) bond motifs is 1. The van der Waals surface area contributed by atoms with Crippen LogP contribution in [-0.2, 0) is 0 Å². The molecular weight excluding hydrogens is 352 g/mol. The first-order valence-electron chi connectivity index (χ1n) is 9.13. The van der Waals surface area contributed by atoms with E-state index in [-0.39, 0.29) is 5.65 Å². The molecule has 142 valence electrons. The molecule has 0 spiro atoms. The lowest BCUT2D eigenvalue weighted by atomic mass is 10.0. The lowest BCUT2D eigenvalue weighted by Crippen LogP contribution is -2.21. The van der Waals surface area contributed by atoms with Crippen molar-refractivity contribution in [2.75, 3.05) is 5.32 Å². The minimum absolute atomic E-state index is 0.153. The first kappa shape index (κ1) is 19.1. The number of aryl methyl sites for hydroxylation is 1. The normalized spacial score (nSPS) is 10.2. The third-order valence-electron chi connectivity index (χ3n) is 4.18. The van der Waals surface area contributed by atoms with Gasteiger partial charge in [-0.15, -0.1) is 4.73 Å². The third-order valence-corrected chi connectivity index (χ3v) is 4.18. The van der Waals surface area contributed by atoms with E-state index in [2.05, 4.69) is 15.3 Å². The maximum absolute atomic E-state index is 12.6. The Morgan fingerprint density at radius 3 is 2.36 bits per heavy atom. The predicted octanol–water partition coefficient (Wildman–Crippen LogP) is 4.77. The van der Waals surface area contributed by atoms with Gasteiger partial charge in [0.2, 0.25) is 5.95 Å². The highest BCUT2D eigenvalue weighted by molar-refractivity contribution is 5.82. The standard InChI is InChI=1S/C20H16N4O2.C2H6/c1-13-7-5-6-10-16(13)17-11-14-12-21-20(22-15-8-3-2-4-9-15)23-18(14)24(26)19(17)25;1-2/h2-12,26H,1H3,(H,21,22,23);1-2H3. The Bertz CT molecular complexity index is 1150. The molecule has 2 aromatic carbocycles. The van der Waals surface area contributed by atoms with E-state index in [1.807, 2.05) is 75.4 Å². The summed E-state index contributed by atoms with van der Waals surface area (Å²) in [5.41, 5.74) is 2.58. The molecule has 0 saturated heterocycles. The van der Waals surface area contributed by atoms with E-state index in [9.17, 15) is 10.0 Å². The monoisotopic (exact) mass is 374 g/mol. The molecule has 4 aromatic rings. The number of pyridine rings is 1. The van der Waals surface area contributed by atoms with Crippen molar-refractivity contribution < 1.29 is 5.21 Å². The van der Waals surface area contributed by atoms with Gasteiger partial charge in [0.15, 0.2) is 5.65 Å². The second-order valence-electron chi connectivity index (χ2n) is 5.95. The number of hydrogen-bond donors (Lipinski definition) is 2. The van der Waals surface area contributed by atoms with E-state index >= 15 is 0 Å². The summed E-state index contributed by atoms with van der Waals surface area (Å²) in [4.78, 5) is 21.2. The SMILES string of the molecule is CC.Cc1ccccc1-c1cc2cnc(Nc3ccccc3)nc2n(O)c1=O. The lowest BCUT2D eigenvalue weighted by molar-refractivity contribution is 0.187. The number of benzene rings is 2. The summed E-state index contributed by atoms with van der Waals surface area (Å²) >= 11 is 0. The van der Waals surface area contributed by atoms with E-state index in [0.717, 1.165) is 16.8 Å². The number of aromatic nitrogens is 3. The Hall–Kier alpha value is -3.67. The summed E-state index contributed by atoms with van der Waals surface area (Å²) in [5.74, 6) is 0.301. The Labute approximate surface area is 163 Å². The Morgan fingerprint density at radius 2 is 1.64 bits per heavy atom. The summed E-state index contributed by atoms with van der Waals surface area (Å²) in [6, 6.07) is 18.7. The first-order chi connectivity index (χ1) is 13.6. The largest absolute Gasteiger partial charge is 0.423 e. The van der Waals surface area contributed by atoms with Crippen LogP contribution in [0.5, 0.6) is 0 Å². The van der Waals surface area contributed by atoms with E-state index in [1.54, 1.807) is 12.3 Å². The van der Waals surface area contributed by atoms with Crippen LogP contribution in [0.2, 0.25) is 0 Å². The molecule has 6 heteroatoms. The first-order valence-corrected chi connectivity index (χ1v) is 9.13. The zero-order valence-corrected chi connectivity index (χ0v) is 16.0. The third kappa shape index (κ3) is 3.71. The number of para-hydroxylation sites is 1. The van der Waals surface area contributed by atoms with Gasteiger partial charge in [0.1, 0.15) is 0 Å². The van der Waals surface area contributed by atoms with Gasteiger partial charge in [0, 0.05) is 17.3 Å². The molecule has 0 radical (unpaired) electrons. The smallest absolute Gasteiger partial charge is 0.292 e. The molecule has 0 aliphatic heterocycles. The molecule has 0 aliphatic carbocycles. The van der Waals surface area contributed by atoms with Crippen molar-refractivity contribution in [1.29, 1.82) is 0 Å². The molecule has 0 unspecified atom stereocenters. The number of nitrogens with one attached hydrogen (secondary N) is 1. The molecule has 2 aromatic heterocycles. The highest BCUT2D eigenvalue weighted by atomic mass is 16.5. The maximum Gasteiger partial charge on any atom is 0.292 e. The van der Waals surface area contributed by atoms with Crippen molar-refractivity contribution in [3.8, 4) is 11.1 Å². The van der Waals surface area contributed by atoms with Crippen molar-refractivity contribution in [3.63, 3.8) is 0 Å². The second kappa shape index (κ2) is 8.35. The number of nitrogens with zero attached hydrogens (tertiary/aromatic N) is 3. The minimum Gasteiger partial charge on any atom is -0.423 e. The summed E-state index contributed by atoms with van der Waals surface area (Å²) in [7, 11) is 0. The van der Waals surface area contributed by atoms with Gasteiger partial charge in [0.05, 0.1) is 5.56 Å². The van der Waals surface area contributed by atoms with Crippen LogP contribution in [0.3, 0.4) is 0 Å². The van der Waals surface area contributed by atoms with Gasteiger partial charge in [-0.1, -0.05) is 56.3 Å². The predicted molar refractivity (Wildman–Crippen MR) is 112 cm³/mol. The lowest BCUT2D eigenvalue weighted by Gasteiger charge is -2.10. The van der Waals surface area contributed by atoms with Crippen LogP contribution in [0.1, 0.15) is 19.4 Å². The highest BCUT2D eigenvalue weighted by Gasteiger charge is 2.14. The molecule has 2 N–H and O–H groups in total. The zero-order chi connectivity index (χ0) is 20.1. The number of anilines is 2. The van der Waals surface area contributed by atoms with Crippen molar-refractivity contribution >= 4 is 22.7 Å². The van der Waals surface area contributed by atoms with E-state index in [0.29, 0.717) is 21.6 Å². The molecule has 28 heavy (non-hydrogen) atoms. The second-order valence-corrected chi connectivity index (χ2v) is 5.95. The molecule has 0 bridgehead atoms. The molecule has 0 aliphatic rings. The average Bonchev–Trinajstić information content (AvgIpc) is 2.74. The molecule has 4 rings (SSSR count). The van der Waals surface area contributed by atoms with E-state index in [1.165, 1.54) is 0 Å². The zero-order valence-electron chi connectivity index (χ0n) is 16.0. The fourth-order valence-electron chi connectivity index (χ4n) is 2.86. The number of hydrogen-bond acceptors (Lipinski definition) is 5. The van der Waals surface area contributed by atoms with Crippen LogP contribution in [0, 0.1) is 6.92 Å². The van der Waals surface area contributed by atoms with Gasteiger partial charge >= 0.3 is 0 Å². The van der Waals surface area contributed by atoms with Crippen LogP contribution in [0.25, 0.3) is 22.2 Å². The van der Waals surface area contributed by atoms with Crippen LogP contribution in [0.15, 0.2) is 71.7 Å². The highest BCUT2D eigenvalue weighted by Crippen LogP contribution is 2.23. The molecular formula is C22H22N4O2. The van der Waals surface area contributed by atoms with Crippen molar-refractivity contribution in [2.45, 2.75) is 20.8 Å². The summed E-state index contributed by atoms with van der Waals surface area (Å²) in [6.45, 7) is 5.92. The van der Waals surface area contributed by atoms with Crippen LogP contribution in [-0.4, -0.2) is 19.9 Å². The molecule has 0 amide bonds. The van der Waals surface area contributed by atoms with Crippen LogP contribution in [0.4, 0.5) is 11.6 Å².